The maximum Gasteiger partial charge on any atom is 0.328 e. The largest absolute Gasteiger partial charge is 0.677 e. The summed E-state index contributed by atoms with van der Waals surface area (Å²) in [6.45, 7) is 2.41. The minimum Gasteiger partial charge on any atom is -0.677 e. The predicted molar refractivity (Wildman–Crippen MR) is 101 cm³/mol. The summed E-state index contributed by atoms with van der Waals surface area (Å²) in [5.41, 5.74) is 9.76. The van der Waals surface area contributed by atoms with E-state index >= 15 is 0 Å². The second kappa shape index (κ2) is 11.0. The first-order chi connectivity index (χ1) is 11.5. The number of esters is 1. The van der Waals surface area contributed by atoms with Crippen LogP contribution in [-0.4, -0.2) is 30.7 Å². The molecule has 135 valence electrons. The number of rotatable bonds is 7. The van der Waals surface area contributed by atoms with Gasteiger partial charge in [-0.05, 0) is 25.3 Å². The number of carbonyl (C=O) groups excluding carboxylic acids is 1. The number of methoxy groups -OCH3 is 1. The number of benzene rings is 1. The monoisotopic (exact) mass is 574 g/mol. The van der Waals surface area contributed by atoms with Gasteiger partial charge in [0.25, 0.3) is 0 Å². The Bertz CT molecular complexity index is 571. The van der Waals surface area contributed by atoms with Crippen molar-refractivity contribution in [3.05, 3.63) is 41.1 Å². The van der Waals surface area contributed by atoms with Crippen molar-refractivity contribution in [2.24, 2.45) is 5.41 Å². The zero-order valence-electron chi connectivity index (χ0n) is 15.1. The normalized spacial score (nSPS) is 16.6. The van der Waals surface area contributed by atoms with Crippen molar-refractivity contribution in [1.29, 1.82) is 0 Å². The van der Waals surface area contributed by atoms with Crippen LogP contribution < -0.4 is 5.32 Å². The van der Waals surface area contributed by atoms with Gasteiger partial charge in [-0.1, -0.05) is 61.3 Å². The Balaban J connectivity index is 0.00000312. The SMILES string of the molecule is COC(=O)C(Cc1ccc(C)cc1)NC(=S)C1(CC[NH-])CCCC1.[Ac]. The van der Waals surface area contributed by atoms with Gasteiger partial charge >= 0.3 is 5.97 Å². The van der Waals surface area contributed by atoms with Gasteiger partial charge in [-0.3, -0.25) is 0 Å². The van der Waals surface area contributed by atoms with Gasteiger partial charge in [0.05, 0.1) is 12.1 Å². The molecule has 1 atom stereocenters. The van der Waals surface area contributed by atoms with Crippen molar-refractivity contribution in [2.75, 3.05) is 13.7 Å². The molecular weight excluding hydrogens is 547 g/mol. The van der Waals surface area contributed by atoms with Gasteiger partial charge in [0.1, 0.15) is 6.04 Å². The van der Waals surface area contributed by atoms with Crippen LogP contribution in [0.4, 0.5) is 0 Å². The van der Waals surface area contributed by atoms with Crippen molar-refractivity contribution in [3.63, 3.8) is 0 Å². The molecule has 1 unspecified atom stereocenters. The van der Waals surface area contributed by atoms with Crippen LogP contribution in [0.5, 0.6) is 0 Å². The molecule has 2 N–H and O–H groups in total. The minimum atomic E-state index is -0.478. The first kappa shape index (κ1) is 23.0. The number of carbonyl (C=O) groups is 1. The summed E-state index contributed by atoms with van der Waals surface area (Å²) in [6.07, 6.45) is 5.61. The maximum atomic E-state index is 12.2. The topological polar surface area (TPSA) is 62.1 Å². The molecule has 1 radical (unpaired) electrons. The molecule has 1 saturated carbocycles. The van der Waals surface area contributed by atoms with Crippen LogP contribution >= 0.6 is 12.2 Å². The number of nitrogens with one attached hydrogen (secondary N) is 2. The van der Waals surface area contributed by atoms with E-state index in [9.17, 15) is 4.79 Å². The third-order valence-electron chi connectivity index (χ3n) is 5.00. The van der Waals surface area contributed by atoms with Crippen LogP contribution in [0.15, 0.2) is 24.3 Å². The zero-order chi connectivity index (χ0) is 17.6. The fourth-order valence-electron chi connectivity index (χ4n) is 3.49. The summed E-state index contributed by atoms with van der Waals surface area (Å²) in [4.78, 5) is 12.9. The van der Waals surface area contributed by atoms with Crippen LogP contribution in [-0.2, 0) is 16.0 Å². The molecule has 1 aliphatic rings. The summed E-state index contributed by atoms with van der Waals surface area (Å²) < 4.78 is 4.97. The summed E-state index contributed by atoms with van der Waals surface area (Å²) in [5, 5.41) is 3.27. The van der Waals surface area contributed by atoms with E-state index in [0.717, 1.165) is 42.7 Å². The third-order valence-corrected chi connectivity index (χ3v) is 5.55. The van der Waals surface area contributed by atoms with Crippen molar-refractivity contribution in [3.8, 4) is 0 Å². The van der Waals surface area contributed by atoms with Crippen molar-refractivity contribution in [2.45, 2.75) is 51.5 Å². The van der Waals surface area contributed by atoms with Gasteiger partial charge in [-0.15, -0.1) is 0 Å². The van der Waals surface area contributed by atoms with Crippen LogP contribution in [0.2, 0.25) is 0 Å². The molecule has 0 bridgehead atoms. The number of aryl methyl sites for hydroxylation is 1. The van der Waals surface area contributed by atoms with Gasteiger partial charge in [0.15, 0.2) is 0 Å². The Morgan fingerprint density at radius 1 is 1.32 bits per heavy atom. The Hall–Kier alpha value is -0.0184. The number of hydrogen-bond acceptors (Lipinski definition) is 3. The average Bonchev–Trinajstić information content (AvgIpc) is 3.05. The fraction of sp³-hybridized carbons (Fsp3) is 0.579. The predicted octanol–water partition coefficient (Wildman–Crippen LogP) is 4.00. The molecule has 1 fully saturated rings. The van der Waals surface area contributed by atoms with Crippen LogP contribution in [0.3, 0.4) is 0 Å². The Kier molecular flexibility index (Phi) is 10.1. The fourth-order valence-corrected chi connectivity index (χ4v) is 3.94. The Morgan fingerprint density at radius 2 is 1.92 bits per heavy atom. The van der Waals surface area contributed by atoms with E-state index in [4.69, 9.17) is 22.7 Å². The van der Waals surface area contributed by atoms with E-state index in [0.29, 0.717) is 13.0 Å². The molecule has 6 heteroatoms. The van der Waals surface area contributed by atoms with Gasteiger partial charge < -0.3 is 15.8 Å². The molecule has 0 amide bonds. The minimum absolute atomic E-state index is 0. The van der Waals surface area contributed by atoms with E-state index < -0.39 is 6.04 Å². The second-order valence-electron chi connectivity index (χ2n) is 6.73. The summed E-state index contributed by atoms with van der Waals surface area (Å²) in [5.74, 6) is -0.294. The molecular formula is C19H27AcN2O2S-. The first-order valence-corrected chi connectivity index (χ1v) is 9.00. The molecule has 4 nitrogen and oxygen atoms in total. The zero-order valence-corrected chi connectivity index (χ0v) is 20.7. The van der Waals surface area contributed by atoms with Crippen LogP contribution in [0.25, 0.3) is 5.73 Å². The Morgan fingerprint density at radius 3 is 2.44 bits per heavy atom. The summed E-state index contributed by atoms with van der Waals surface area (Å²) in [6, 6.07) is 7.67. The van der Waals surface area contributed by atoms with Gasteiger partial charge in [-0.25, -0.2) is 4.79 Å². The van der Waals surface area contributed by atoms with E-state index in [1.807, 2.05) is 31.2 Å². The van der Waals surface area contributed by atoms with Crippen molar-refractivity contribution in [1.82, 2.24) is 5.32 Å². The summed E-state index contributed by atoms with van der Waals surface area (Å²) >= 11 is 5.67. The van der Waals surface area contributed by atoms with Crippen molar-refractivity contribution < 1.29 is 53.6 Å². The molecule has 0 aromatic heterocycles. The third kappa shape index (κ3) is 6.27. The number of hydrogen-bond donors (Lipinski definition) is 1. The maximum absolute atomic E-state index is 12.2. The van der Waals surface area contributed by atoms with E-state index in [1.165, 1.54) is 12.7 Å². The first-order valence-electron chi connectivity index (χ1n) is 8.60. The molecule has 0 saturated heterocycles. The van der Waals surface area contributed by atoms with Gasteiger partial charge in [-0.2, -0.15) is 6.54 Å². The smallest absolute Gasteiger partial charge is 0.328 e. The van der Waals surface area contributed by atoms with Gasteiger partial charge in [0, 0.05) is 55.9 Å². The van der Waals surface area contributed by atoms with Crippen LogP contribution in [0.1, 0.15) is 43.2 Å². The molecule has 0 spiro atoms. The van der Waals surface area contributed by atoms with Crippen LogP contribution in [0, 0.1) is 56.4 Å². The van der Waals surface area contributed by atoms with E-state index in [-0.39, 0.29) is 55.4 Å². The molecule has 1 aromatic rings. The number of ether oxygens (including phenoxy) is 1. The molecule has 25 heavy (non-hydrogen) atoms. The quantitative estimate of drug-likeness (QED) is 0.395. The average molecular weight is 575 g/mol. The van der Waals surface area contributed by atoms with E-state index in [2.05, 4.69) is 5.32 Å². The molecule has 1 aromatic carbocycles. The summed E-state index contributed by atoms with van der Waals surface area (Å²) in [7, 11) is 1.41. The second-order valence-corrected chi connectivity index (χ2v) is 7.13. The van der Waals surface area contributed by atoms with E-state index in [1.54, 1.807) is 0 Å². The molecule has 0 aliphatic heterocycles. The molecule has 0 heterocycles. The molecule has 2 rings (SSSR count). The Labute approximate surface area is 192 Å². The molecule has 1 aliphatic carbocycles. The van der Waals surface area contributed by atoms with Gasteiger partial charge in [0.2, 0.25) is 0 Å². The number of thiocarbonyl (C=S) groups is 1. The van der Waals surface area contributed by atoms with Crippen molar-refractivity contribution >= 4 is 23.2 Å². The standard InChI is InChI=1S/C19H27N2O2S.Ac/c1-14-5-7-15(8-6-14)13-16(17(22)23-2)21-18(24)19(11-12-20)9-3-4-10-19;/h5-8,16,20H,3-4,9-13H2,1-2H3,(H,21,24);/q-1;.